The van der Waals surface area contributed by atoms with Gasteiger partial charge in [0.05, 0.1) is 34.4 Å². The molecule has 0 saturated carbocycles. The SMILES string of the molecule is CCCCC/C=C/C/C=C/CCCCCCCCCC(=O)OCC(COCCC(C(=O)O)[N+](C)(C)C)OC(=O)CCCCCCCCC/C=C/CCCCCCCC. The number of esters is 2. The van der Waals surface area contributed by atoms with E-state index in [1.54, 1.807) is 0 Å². The van der Waals surface area contributed by atoms with Gasteiger partial charge in [-0.05, 0) is 70.6 Å². The van der Waals surface area contributed by atoms with Crippen LogP contribution in [0.3, 0.4) is 0 Å². The standard InChI is InChI=1S/C50H91NO7/c1-6-8-10-12-14-16-18-20-22-24-26-28-30-32-34-36-38-40-48(52)57-45-46(44-56-43-42-47(50(54)55)51(3,4)5)58-49(53)41-39-37-35-33-31-29-27-25-23-21-19-17-15-13-11-9-7-2/h14,16,20-23,46-47H,6-13,15,17-19,24-45H2,1-5H3/p+1/b16-14+,22-20+,23-21+. The maximum Gasteiger partial charge on any atom is 0.362 e. The number of carboxylic acid groups (broad SMARTS) is 1. The minimum absolute atomic E-state index is 0.0554. The van der Waals surface area contributed by atoms with Crippen molar-refractivity contribution >= 4 is 17.9 Å². The average Bonchev–Trinajstić information content (AvgIpc) is 3.18. The number of carboxylic acids is 1. The molecule has 0 saturated heterocycles. The molecule has 2 atom stereocenters. The van der Waals surface area contributed by atoms with Gasteiger partial charge in [0.1, 0.15) is 6.61 Å². The number of quaternary nitrogens is 1. The van der Waals surface area contributed by atoms with Gasteiger partial charge in [-0.1, -0.05) is 159 Å². The molecule has 1 N–H and O–H groups in total. The Bertz CT molecular complexity index is 1050. The van der Waals surface area contributed by atoms with Gasteiger partial charge in [0.25, 0.3) is 0 Å². The first kappa shape index (κ1) is 55.5. The molecular weight excluding hydrogens is 727 g/mol. The van der Waals surface area contributed by atoms with E-state index in [1.807, 2.05) is 21.1 Å². The minimum atomic E-state index is -0.876. The van der Waals surface area contributed by atoms with E-state index in [2.05, 4.69) is 50.3 Å². The van der Waals surface area contributed by atoms with Crippen LogP contribution in [0.4, 0.5) is 0 Å². The van der Waals surface area contributed by atoms with Crippen molar-refractivity contribution in [2.45, 2.75) is 225 Å². The molecule has 0 aromatic carbocycles. The van der Waals surface area contributed by atoms with Crippen LogP contribution in [0.2, 0.25) is 0 Å². The molecule has 0 amide bonds. The molecule has 0 fully saturated rings. The van der Waals surface area contributed by atoms with Gasteiger partial charge in [0.15, 0.2) is 12.1 Å². The summed E-state index contributed by atoms with van der Waals surface area (Å²) < 4.78 is 17.3. The smallest absolute Gasteiger partial charge is 0.362 e. The normalized spacial score (nSPS) is 13.2. The molecule has 0 bridgehead atoms. The maximum atomic E-state index is 12.8. The summed E-state index contributed by atoms with van der Waals surface area (Å²) in [6.07, 6.45) is 47.5. The highest BCUT2D eigenvalue weighted by molar-refractivity contribution is 5.72. The third kappa shape index (κ3) is 39.0. The number of hydrogen-bond donors (Lipinski definition) is 1. The van der Waals surface area contributed by atoms with Crippen LogP contribution in [0.1, 0.15) is 213 Å². The van der Waals surface area contributed by atoms with E-state index < -0.39 is 18.1 Å². The number of aliphatic carboxylic acids is 1. The van der Waals surface area contributed by atoms with Crippen LogP contribution in [0.25, 0.3) is 0 Å². The minimum Gasteiger partial charge on any atom is -0.477 e. The maximum absolute atomic E-state index is 12.8. The van der Waals surface area contributed by atoms with Crippen molar-refractivity contribution in [1.29, 1.82) is 0 Å². The Kier molecular flexibility index (Phi) is 39.5. The first-order valence-electron chi connectivity index (χ1n) is 24.0. The number of nitrogens with zero attached hydrogens (tertiary/aromatic N) is 1. The second-order valence-corrected chi connectivity index (χ2v) is 17.4. The number of ether oxygens (including phenoxy) is 3. The number of hydrogen-bond acceptors (Lipinski definition) is 6. The van der Waals surface area contributed by atoms with Crippen molar-refractivity contribution in [1.82, 2.24) is 0 Å². The van der Waals surface area contributed by atoms with Crippen LogP contribution in [0, 0.1) is 0 Å². The molecular formula is C50H92NO7+. The molecule has 0 aliphatic heterocycles. The summed E-state index contributed by atoms with van der Waals surface area (Å²) in [5.74, 6) is -1.48. The van der Waals surface area contributed by atoms with Crippen molar-refractivity contribution in [2.75, 3.05) is 41.0 Å². The van der Waals surface area contributed by atoms with E-state index in [-0.39, 0.29) is 36.2 Å². The van der Waals surface area contributed by atoms with E-state index in [9.17, 15) is 19.5 Å². The Morgan fingerprint density at radius 3 is 1.38 bits per heavy atom. The number of carbonyl (C=O) groups is 3. The van der Waals surface area contributed by atoms with Gasteiger partial charge in [-0.2, -0.15) is 0 Å². The largest absolute Gasteiger partial charge is 0.477 e. The number of unbranched alkanes of at least 4 members (excludes halogenated alkanes) is 23. The third-order valence-corrected chi connectivity index (χ3v) is 10.8. The number of allylic oxidation sites excluding steroid dienone is 6. The van der Waals surface area contributed by atoms with E-state index >= 15 is 0 Å². The molecule has 0 rings (SSSR count). The van der Waals surface area contributed by atoms with E-state index in [1.165, 1.54) is 128 Å². The fourth-order valence-electron chi connectivity index (χ4n) is 7.00. The van der Waals surface area contributed by atoms with Gasteiger partial charge < -0.3 is 23.8 Å². The molecule has 0 aliphatic rings. The van der Waals surface area contributed by atoms with Crippen molar-refractivity contribution in [3.8, 4) is 0 Å². The Morgan fingerprint density at radius 1 is 0.517 bits per heavy atom. The first-order chi connectivity index (χ1) is 28.1. The van der Waals surface area contributed by atoms with Gasteiger partial charge in [-0.15, -0.1) is 0 Å². The zero-order chi connectivity index (χ0) is 42.8. The predicted molar refractivity (Wildman–Crippen MR) is 243 cm³/mol. The Hall–Kier alpha value is -2.45. The Balaban J connectivity index is 4.31. The molecule has 8 nitrogen and oxygen atoms in total. The summed E-state index contributed by atoms with van der Waals surface area (Å²) in [4.78, 5) is 37.1. The molecule has 2 unspecified atom stereocenters. The van der Waals surface area contributed by atoms with Crippen molar-refractivity contribution in [3.05, 3.63) is 36.5 Å². The van der Waals surface area contributed by atoms with Crippen LogP contribution in [0.15, 0.2) is 36.5 Å². The van der Waals surface area contributed by atoms with Gasteiger partial charge in [-0.25, -0.2) is 4.79 Å². The van der Waals surface area contributed by atoms with Gasteiger partial charge in [-0.3, -0.25) is 9.59 Å². The average molecular weight is 819 g/mol. The van der Waals surface area contributed by atoms with Crippen LogP contribution in [-0.2, 0) is 28.6 Å². The van der Waals surface area contributed by atoms with Crippen molar-refractivity contribution < 1.29 is 38.2 Å². The lowest BCUT2D eigenvalue weighted by Crippen LogP contribution is -2.50. The second kappa shape index (κ2) is 41.3. The zero-order valence-electron chi connectivity index (χ0n) is 38.5. The fourth-order valence-corrected chi connectivity index (χ4v) is 7.00. The van der Waals surface area contributed by atoms with E-state index in [4.69, 9.17) is 14.2 Å². The molecule has 0 spiro atoms. The fraction of sp³-hybridized carbons (Fsp3) is 0.820. The van der Waals surface area contributed by atoms with Gasteiger partial charge in [0, 0.05) is 19.3 Å². The topological polar surface area (TPSA) is 99.1 Å². The molecule has 8 heteroatoms. The predicted octanol–water partition coefficient (Wildman–Crippen LogP) is 13.4. The molecule has 0 aliphatic carbocycles. The number of rotatable bonds is 43. The summed E-state index contributed by atoms with van der Waals surface area (Å²) in [5.41, 5.74) is 0. The van der Waals surface area contributed by atoms with E-state index in [0.717, 1.165) is 51.4 Å². The van der Waals surface area contributed by atoms with Crippen molar-refractivity contribution in [3.63, 3.8) is 0 Å². The highest BCUT2D eigenvalue weighted by atomic mass is 16.6. The third-order valence-electron chi connectivity index (χ3n) is 10.8. The van der Waals surface area contributed by atoms with Crippen LogP contribution in [0.5, 0.6) is 0 Å². The first-order valence-corrected chi connectivity index (χ1v) is 24.0. The molecule has 338 valence electrons. The summed E-state index contributed by atoms with van der Waals surface area (Å²) >= 11 is 0. The summed E-state index contributed by atoms with van der Waals surface area (Å²) in [6, 6.07) is -0.616. The van der Waals surface area contributed by atoms with Gasteiger partial charge in [0.2, 0.25) is 0 Å². The van der Waals surface area contributed by atoms with Crippen LogP contribution >= 0.6 is 0 Å². The van der Waals surface area contributed by atoms with Crippen LogP contribution < -0.4 is 0 Å². The summed E-state index contributed by atoms with van der Waals surface area (Å²) in [7, 11) is 5.53. The molecule has 0 aromatic rings. The quantitative estimate of drug-likeness (QED) is 0.0283. The van der Waals surface area contributed by atoms with E-state index in [0.29, 0.717) is 19.3 Å². The summed E-state index contributed by atoms with van der Waals surface area (Å²) in [6.45, 7) is 4.71. The van der Waals surface area contributed by atoms with Gasteiger partial charge >= 0.3 is 17.9 Å². The summed E-state index contributed by atoms with van der Waals surface area (Å²) in [5, 5.41) is 9.63. The zero-order valence-corrected chi connectivity index (χ0v) is 38.5. The number of likely N-dealkylation sites (N-methyl/N-ethyl adjacent to an activating group) is 1. The molecule has 0 aromatic heterocycles. The lowest BCUT2D eigenvalue weighted by Gasteiger charge is -2.31. The highest BCUT2D eigenvalue weighted by Gasteiger charge is 2.31. The Morgan fingerprint density at radius 2 is 0.914 bits per heavy atom. The second-order valence-electron chi connectivity index (χ2n) is 17.4. The molecule has 58 heavy (non-hydrogen) atoms. The van der Waals surface area contributed by atoms with Crippen molar-refractivity contribution in [2.24, 2.45) is 0 Å². The lowest BCUT2D eigenvalue weighted by molar-refractivity contribution is -0.887. The molecule has 0 radical (unpaired) electrons. The molecule has 0 heterocycles. The number of carbonyl (C=O) groups excluding carboxylic acids is 2. The highest BCUT2D eigenvalue weighted by Crippen LogP contribution is 2.14. The monoisotopic (exact) mass is 819 g/mol. The van der Waals surface area contributed by atoms with Crippen LogP contribution in [-0.4, -0.2) is 80.6 Å². The lowest BCUT2D eigenvalue weighted by atomic mass is 10.1. The Labute approximate surface area is 357 Å².